The van der Waals surface area contributed by atoms with Gasteiger partial charge in [-0.3, -0.25) is 0 Å². The summed E-state index contributed by atoms with van der Waals surface area (Å²) in [5, 5.41) is 19.0. The Balaban J connectivity index is 1.98. The molecule has 3 rings (SSSR count). The SMILES string of the molecule is N#Cc1cc(F)cc(Oc2ccc(SC(F)F)c3c2CCC3O)c1. The number of nitriles is 1. The number of aliphatic hydroxyl groups excluding tert-OH is 1. The standard InChI is InChI=1S/C17H12F3NO2S/c18-10-5-9(8-21)6-11(7-10)23-14-3-4-15(24-17(19)20)16-12(14)1-2-13(16)22/h3-7,13,17,22H,1-2H2. The number of alkyl halides is 2. The van der Waals surface area contributed by atoms with Crippen LogP contribution in [0.1, 0.15) is 29.2 Å². The molecule has 0 fully saturated rings. The number of fused-ring (bicyclic) bond motifs is 1. The molecule has 1 N–H and O–H groups in total. The highest BCUT2D eigenvalue weighted by Crippen LogP contribution is 2.45. The van der Waals surface area contributed by atoms with Crippen LogP contribution >= 0.6 is 11.8 Å². The van der Waals surface area contributed by atoms with E-state index in [0.717, 1.165) is 12.1 Å². The molecule has 0 heterocycles. The second kappa shape index (κ2) is 6.75. The first kappa shape index (κ1) is 16.7. The van der Waals surface area contributed by atoms with E-state index in [2.05, 4.69) is 0 Å². The minimum atomic E-state index is -2.59. The highest BCUT2D eigenvalue weighted by Gasteiger charge is 2.28. The molecule has 0 spiro atoms. The average molecular weight is 351 g/mol. The summed E-state index contributed by atoms with van der Waals surface area (Å²) in [4.78, 5) is 0.314. The van der Waals surface area contributed by atoms with E-state index in [1.165, 1.54) is 18.2 Å². The number of rotatable bonds is 4. The lowest BCUT2D eigenvalue weighted by molar-refractivity contribution is 0.177. The number of nitrogens with zero attached hydrogens (tertiary/aromatic N) is 1. The molecule has 3 nitrogen and oxygen atoms in total. The first-order chi connectivity index (χ1) is 11.5. The van der Waals surface area contributed by atoms with Gasteiger partial charge < -0.3 is 9.84 Å². The maximum atomic E-state index is 13.5. The van der Waals surface area contributed by atoms with Gasteiger partial charge in [-0.2, -0.15) is 14.0 Å². The van der Waals surface area contributed by atoms with Gasteiger partial charge in [0, 0.05) is 22.1 Å². The third-order valence-electron chi connectivity index (χ3n) is 3.72. The molecule has 1 atom stereocenters. The Morgan fingerprint density at radius 1 is 1.29 bits per heavy atom. The normalized spacial score (nSPS) is 16.1. The predicted molar refractivity (Wildman–Crippen MR) is 82.8 cm³/mol. The van der Waals surface area contributed by atoms with Crippen molar-refractivity contribution in [3.8, 4) is 17.6 Å². The predicted octanol–water partition coefficient (Wildman–Crippen LogP) is 4.78. The Morgan fingerprint density at radius 3 is 2.79 bits per heavy atom. The molecule has 0 saturated heterocycles. The highest BCUT2D eigenvalue weighted by atomic mass is 32.2. The minimum Gasteiger partial charge on any atom is -0.457 e. The molecule has 1 aliphatic carbocycles. The number of benzene rings is 2. The molecule has 124 valence electrons. The lowest BCUT2D eigenvalue weighted by Crippen LogP contribution is -1.98. The van der Waals surface area contributed by atoms with Gasteiger partial charge in [-0.1, -0.05) is 11.8 Å². The number of thioether (sulfide) groups is 1. The first-order valence-corrected chi connectivity index (χ1v) is 8.03. The Labute approximate surface area is 140 Å². The topological polar surface area (TPSA) is 53.2 Å². The zero-order valence-electron chi connectivity index (χ0n) is 12.3. The third kappa shape index (κ3) is 3.35. The van der Waals surface area contributed by atoms with E-state index in [0.29, 0.717) is 46.4 Å². The van der Waals surface area contributed by atoms with Crippen LogP contribution in [0.15, 0.2) is 35.2 Å². The van der Waals surface area contributed by atoms with Gasteiger partial charge in [0.15, 0.2) is 0 Å². The molecule has 2 aromatic rings. The number of aliphatic hydroxyl groups is 1. The van der Waals surface area contributed by atoms with Crippen LogP contribution in [0.2, 0.25) is 0 Å². The Hall–Kier alpha value is -2.17. The zero-order valence-corrected chi connectivity index (χ0v) is 13.1. The Morgan fingerprint density at radius 2 is 2.08 bits per heavy atom. The van der Waals surface area contributed by atoms with Crippen LogP contribution in [0.3, 0.4) is 0 Å². The van der Waals surface area contributed by atoms with E-state index in [9.17, 15) is 18.3 Å². The molecule has 0 aromatic heterocycles. The molecule has 2 aromatic carbocycles. The van der Waals surface area contributed by atoms with E-state index in [4.69, 9.17) is 10.00 Å². The average Bonchev–Trinajstić information content (AvgIpc) is 2.91. The summed E-state index contributed by atoms with van der Waals surface area (Å²) in [5.41, 5.74) is 1.19. The summed E-state index contributed by atoms with van der Waals surface area (Å²) in [6, 6.07) is 8.44. The zero-order chi connectivity index (χ0) is 17.3. The Kier molecular flexibility index (Phi) is 4.69. The van der Waals surface area contributed by atoms with Crippen molar-refractivity contribution >= 4 is 11.8 Å². The van der Waals surface area contributed by atoms with Crippen molar-refractivity contribution < 1.29 is 23.0 Å². The van der Waals surface area contributed by atoms with Gasteiger partial charge >= 0.3 is 0 Å². The number of hydrogen-bond acceptors (Lipinski definition) is 4. The van der Waals surface area contributed by atoms with Crippen molar-refractivity contribution in [1.29, 1.82) is 5.26 Å². The van der Waals surface area contributed by atoms with Crippen LogP contribution in [-0.4, -0.2) is 10.9 Å². The molecule has 1 aliphatic rings. The van der Waals surface area contributed by atoms with E-state index < -0.39 is 17.7 Å². The largest absolute Gasteiger partial charge is 0.457 e. The summed E-state index contributed by atoms with van der Waals surface area (Å²) in [6.45, 7) is 0. The van der Waals surface area contributed by atoms with E-state index in [-0.39, 0.29) is 11.3 Å². The number of halogens is 3. The van der Waals surface area contributed by atoms with Crippen molar-refractivity contribution in [3.05, 3.63) is 52.8 Å². The van der Waals surface area contributed by atoms with E-state index in [1.54, 1.807) is 0 Å². The Bertz CT molecular complexity index is 820. The fourth-order valence-corrected chi connectivity index (χ4v) is 3.50. The van der Waals surface area contributed by atoms with Crippen molar-refractivity contribution in [2.24, 2.45) is 0 Å². The van der Waals surface area contributed by atoms with Crippen LogP contribution in [0, 0.1) is 17.1 Å². The summed E-state index contributed by atoms with van der Waals surface area (Å²) in [7, 11) is 0. The fraction of sp³-hybridized carbons (Fsp3) is 0.235. The van der Waals surface area contributed by atoms with Crippen LogP contribution in [0.4, 0.5) is 13.2 Å². The molecule has 0 aliphatic heterocycles. The fourth-order valence-electron chi connectivity index (χ4n) is 2.78. The third-order valence-corrected chi connectivity index (χ3v) is 4.51. The van der Waals surface area contributed by atoms with Crippen LogP contribution in [-0.2, 0) is 6.42 Å². The summed E-state index contributed by atoms with van der Waals surface area (Å²) < 4.78 is 44.5. The van der Waals surface area contributed by atoms with Crippen molar-refractivity contribution in [1.82, 2.24) is 0 Å². The molecule has 24 heavy (non-hydrogen) atoms. The van der Waals surface area contributed by atoms with Gasteiger partial charge in [0.2, 0.25) is 0 Å². The second-order valence-corrected chi connectivity index (χ2v) is 6.31. The summed E-state index contributed by atoms with van der Waals surface area (Å²) in [5.74, 6) is -2.68. The molecular weight excluding hydrogens is 339 g/mol. The maximum absolute atomic E-state index is 13.5. The lowest BCUT2D eigenvalue weighted by Gasteiger charge is -2.15. The smallest absolute Gasteiger partial charge is 0.288 e. The van der Waals surface area contributed by atoms with Gasteiger partial charge in [0.05, 0.1) is 17.7 Å². The number of ether oxygens (including phenoxy) is 1. The molecular formula is C17H12F3NO2S. The van der Waals surface area contributed by atoms with Gasteiger partial charge in [0.1, 0.15) is 17.3 Å². The van der Waals surface area contributed by atoms with Crippen LogP contribution in [0.25, 0.3) is 0 Å². The number of hydrogen-bond donors (Lipinski definition) is 1. The molecule has 7 heteroatoms. The minimum absolute atomic E-state index is 0.117. The summed E-state index contributed by atoms with van der Waals surface area (Å²) >= 11 is 0.379. The monoisotopic (exact) mass is 351 g/mol. The van der Waals surface area contributed by atoms with Crippen LogP contribution in [0.5, 0.6) is 11.5 Å². The van der Waals surface area contributed by atoms with E-state index >= 15 is 0 Å². The van der Waals surface area contributed by atoms with Crippen molar-refractivity contribution in [2.75, 3.05) is 0 Å². The molecule has 0 bridgehead atoms. The molecule has 1 unspecified atom stereocenters. The van der Waals surface area contributed by atoms with Gasteiger partial charge in [-0.15, -0.1) is 0 Å². The second-order valence-electron chi connectivity index (χ2n) is 5.28. The van der Waals surface area contributed by atoms with Gasteiger partial charge in [-0.25, -0.2) is 4.39 Å². The highest BCUT2D eigenvalue weighted by molar-refractivity contribution is 7.99. The molecule has 0 amide bonds. The maximum Gasteiger partial charge on any atom is 0.288 e. The lowest BCUT2D eigenvalue weighted by atomic mass is 10.1. The van der Waals surface area contributed by atoms with Gasteiger partial charge in [0.25, 0.3) is 5.76 Å². The first-order valence-electron chi connectivity index (χ1n) is 7.15. The van der Waals surface area contributed by atoms with Crippen molar-refractivity contribution in [3.63, 3.8) is 0 Å². The van der Waals surface area contributed by atoms with E-state index in [1.807, 2.05) is 6.07 Å². The molecule has 0 radical (unpaired) electrons. The van der Waals surface area contributed by atoms with Gasteiger partial charge in [-0.05, 0) is 37.1 Å². The summed E-state index contributed by atoms with van der Waals surface area (Å²) in [6.07, 6.45) is 0.0650. The quantitative estimate of drug-likeness (QED) is 0.805. The molecule has 0 saturated carbocycles. The van der Waals surface area contributed by atoms with Crippen molar-refractivity contribution in [2.45, 2.75) is 29.6 Å². The van der Waals surface area contributed by atoms with Crippen LogP contribution < -0.4 is 4.74 Å².